The summed E-state index contributed by atoms with van der Waals surface area (Å²) in [6, 6.07) is 6.19. The number of nitrogens with one attached hydrogen (secondary N) is 1. The van der Waals surface area contributed by atoms with Crippen LogP contribution in [0.2, 0.25) is 0 Å². The molecule has 1 N–H and O–H groups in total. The number of rotatable bonds is 3. The van der Waals surface area contributed by atoms with Crippen LogP contribution in [0.3, 0.4) is 0 Å². The largest absolute Gasteiger partial charge is 0.496 e. The molecule has 1 aromatic carbocycles. The van der Waals surface area contributed by atoms with Crippen LogP contribution in [0.15, 0.2) is 18.2 Å². The van der Waals surface area contributed by atoms with Gasteiger partial charge in [0.15, 0.2) is 0 Å². The van der Waals surface area contributed by atoms with Crippen LogP contribution < -0.4 is 10.1 Å². The maximum Gasteiger partial charge on any atom is 0.122 e. The first-order chi connectivity index (χ1) is 8.63. The maximum absolute atomic E-state index is 12.1. The van der Waals surface area contributed by atoms with Crippen LogP contribution in [-0.4, -0.2) is 30.2 Å². The van der Waals surface area contributed by atoms with Gasteiger partial charge in [-0.05, 0) is 23.1 Å². The number of hydrogen-bond acceptors (Lipinski definition) is 3. The Morgan fingerprint density at radius 2 is 2.22 bits per heavy atom. The van der Waals surface area contributed by atoms with Gasteiger partial charge in [0.2, 0.25) is 0 Å². The van der Waals surface area contributed by atoms with Gasteiger partial charge in [-0.2, -0.15) is 0 Å². The molecule has 0 amide bonds. The highest BCUT2D eigenvalue weighted by atomic mass is 32.2. The molecule has 2 unspecified atom stereocenters. The highest BCUT2D eigenvalue weighted by Gasteiger charge is 2.23. The summed E-state index contributed by atoms with van der Waals surface area (Å²) in [6.07, 6.45) is 0. The number of ether oxygens (including phenoxy) is 1. The normalized spacial score (nSPS) is 24.2. The molecular weight excluding hydrogens is 246 g/mol. The van der Waals surface area contributed by atoms with E-state index in [9.17, 15) is 4.21 Å². The molecule has 1 aliphatic heterocycles. The molecule has 1 aliphatic rings. The lowest BCUT2D eigenvalue weighted by Crippen LogP contribution is -2.35. The Kier molecular flexibility index (Phi) is 4.40. The van der Waals surface area contributed by atoms with Crippen LogP contribution in [0.4, 0.5) is 0 Å². The van der Waals surface area contributed by atoms with Crippen molar-refractivity contribution in [3.8, 4) is 5.75 Å². The second-order valence-electron chi connectivity index (χ2n) is 4.93. The molecule has 0 saturated carbocycles. The molecular formula is C14H21NO2S. The van der Waals surface area contributed by atoms with Gasteiger partial charge in [-0.15, -0.1) is 0 Å². The van der Waals surface area contributed by atoms with E-state index in [1.54, 1.807) is 7.11 Å². The zero-order valence-electron chi connectivity index (χ0n) is 11.2. The Balaban J connectivity index is 2.33. The Morgan fingerprint density at radius 3 is 2.83 bits per heavy atom. The average Bonchev–Trinajstić information content (AvgIpc) is 2.38. The van der Waals surface area contributed by atoms with E-state index in [0.29, 0.717) is 5.92 Å². The van der Waals surface area contributed by atoms with Crippen LogP contribution in [0.25, 0.3) is 0 Å². The molecule has 2 rings (SSSR count). The summed E-state index contributed by atoms with van der Waals surface area (Å²) >= 11 is 0. The van der Waals surface area contributed by atoms with E-state index >= 15 is 0 Å². The molecule has 100 valence electrons. The van der Waals surface area contributed by atoms with Crippen molar-refractivity contribution < 1.29 is 8.95 Å². The van der Waals surface area contributed by atoms with Crippen molar-refractivity contribution in [3.05, 3.63) is 29.3 Å². The van der Waals surface area contributed by atoms with Crippen molar-refractivity contribution >= 4 is 10.8 Å². The predicted molar refractivity (Wildman–Crippen MR) is 75.7 cm³/mol. The number of methoxy groups -OCH3 is 1. The second kappa shape index (κ2) is 5.85. The summed E-state index contributed by atoms with van der Waals surface area (Å²) in [4.78, 5) is 0. The molecule has 18 heavy (non-hydrogen) atoms. The van der Waals surface area contributed by atoms with E-state index < -0.39 is 10.8 Å². The smallest absolute Gasteiger partial charge is 0.122 e. The molecule has 0 aliphatic carbocycles. The minimum absolute atomic E-state index is 0.113. The van der Waals surface area contributed by atoms with E-state index in [1.165, 1.54) is 5.56 Å². The second-order valence-corrected chi connectivity index (χ2v) is 6.67. The van der Waals surface area contributed by atoms with Crippen molar-refractivity contribution in [2.45, 2.75) is 25.0 Å². The summed E-state index contributed by atoms with van der Waals surface area (Å²) < 4.78 is 17.5. The highest BCUT2D eigenvalue weighted by Crippen LogP contribution is 2.31. The van der Waals surface area contributed by atoms with E-state index in [1.807, 2.05) is 12.1 Å². The molecule has 1 fully saturated rings. The Hall–Kier alpha value is -0.870. The molecule has 1 saturated heterocycles. The van der Waals surface area contributed by atoms with Crippen LogP contribution >= 0.6 is 0 Å². The average molecular weight is 267 g/mol. The first-order valence-corrected chi connectivity index (χ1v) is 7.77. The number of hydrogen-bond donors (Lipinski definition) is 1. The molecule has 0 spiro atoms. The third-order valence-corrected chi connectivity index (χ3v) is 5.05. The van der Waals surface area contributed by atoms with Crippen molar-refractivity contribution in [1.82, 2.24) is 5.32 Å². The highest BCUT2D eigenvalue weighted by molar-refractivity contribution is 7.85. The Bertz CT molecular complexity index is 445. The van der Waals surface area contributed by atoms with Crippen molar-refractivity contribution in [2.24, 2.45) is 0 Å². The lowest BCUT2D eigenvalue weighted by atomic mass is 9.98. The molecule has 1 aromatic rings. The standard InChI is InChI=1S/C14H21NO2S/c1-10(2)12-8-11(4-5-13(12)17-3)14-9-15-6-7-18(14)16/h4-5,8,10,14-15H,6-7,9H2,1-3H3. The minimum Gasteiger partial charge on any atom is -0.496 e. The van der Waals surface area contributed by atoms with E-state index in [-0.39, 0.29) is 5.25 Å². The molecule has 2 atom stereocenters. The van der Waals surface area contributed by atoms with Gasteiger partial charge >= 0.3 is 0 Å². The first kappa shape index (κ1) is 13.6. The maximum atomic E-state index is 12.1. The molecule has 3 nitrogen and oxygen atoms in total. The molecule has 0 radical (unpaired) electrons. The first-order valence-electron chi connectivity index (χ1n) is 6.39. The molecule has 0 bridgehead atoms. The summed E-state index contributed by atoms with van der Waals surface area (Å²) in [5.74, 6) is 2.07. The van der Waals surface area contributed by atoms with Gasteiger partial charge < -0.3 is 10.1 Å². The third kappa shape index (κ3) is 2.75. The molecule has 4 heteroatoms. The van der Waals surface area contributed by atoms with Crippen LogP contribution in [0.5, 0.6) is 5.75 Å². The topological polar surface area (TPSA) is 38.3 Å². The van der Waals surface area contributed by atoms with Crippen LogP contribution in [0.1, 0.15) is 36.1 Å². The Labute approximate surface area is 111 Å². The Morgan fingerprint density at radius 1 is 1.44 bits per heavy atom. The van der Waals surface area contributed by atoms with E-state index in [4.69, 9.17) is 4.74 Å². The van der Waals surface area contributed by atoms with Crippen molar-refractivity contribution in [1.29, 1.82) is 0 Å². The SMILES string of the molecule is COc1ccc(C2CNCCS2=O)cc1C(C)C. The van der Waals surface area contributed by atoms with E-state index in [0.717, 1.165) is 30.2 Å². The fourth-order valence-electron chi connectivity index (χ4n) is 2.32. The summed E-state index contributed by atoms with van der Waals surface area (Å²) in [5.41, 5.74) is 2.35. The van der Waals surface area contributed by atoms with Gasteiger partial charge in [-0.1, -0.05) is 26.0 Å². The zero-order valence-corrected chi connectivity index (χ0v) is 12.0. The predicted octanol–water partition coefficient (Wildman–Crippen LogP) is 2.21. The van der Waals surface area contributed by atoms with Gasteiger partial charge in [0.1, 0.15) is 5.75 Å². The van der Waals surface area contributed by atoms with E-state index in [2.05, 4.69) is 25.2 Å². The summed E-state index contributed by atoms with van der Waals surface area (Å²) in [6.45, 7) is 5.96. The van der Waals surface area contributed by atoms with Gasteiger partial charge in [0, 0.05) is 29.6 Å². The molecule has 1 heterocycles. The van der Waals surface area contributed by atoms with Gasteiger partial charge in [-0.3, -0.25) is 4.21 Å². The number of benzene rings is 1. The quantitative estimate of drug-likeness (QED) is 0.912. The lowest BCUT2D eigenvalue weighted by molar-refractivity contribution is 0.407. The fraction of sp³-hybridized carbons (Fsp3) is 0.571. The summed E-state index contributed by atoms with van der Waals surface area (Å²) in [5, 5.41) is 3.43. The lowest BCUT2D eigenvalue weighted by Gasteiger charge is -2.24. The fourth-order valence-corrected chi connectivity index (χ4v) is 3.70. The van der Waals surface area contributed by atoms with Gasteiger partial charge in [0.25, 0.3) is 0 Å². The van der Waals surface area contributed by atoms with Gasteiger partial charge in [-0.25, -0.2) is 0 Å². The third-order valence-electron chi connectivity index (χ3n) is 3.37. The molecule has 0 aromatic heterocycles. The van der Waals surface area contributed by atoms with Crippen LogP contribution in [-0.2, 0) is 10.8 Å². The van der Waals surface area contributed by atoms with Gasteiger partial charge in [0.05, 0.1) is 12.4 Å². The minimum atomic E-state index is -0.762. The van der Waals surface area contributed by atoms with Crippen molar-refractivity contribution in [3.63, 3.8) is 0 Å². The van der Waals surface area contributed by atoms with Crippen LogP contribution in [0, 0.1) is 0 Å². The summed E-state index contributed by atoms with van der Waals surface area (Å²) in [7, 11) is 0.933. The monoisotopic (exact) mass is 267 g/mol. The zero-order chi connectivity index (χ0) is 13.1. The van der Waals surface area contributed by atoms with Crippen molar-refractivity contribution in [2.75, 3.05) is 26.0 Å².